The summed E-state index contributed by atoms with van der Waals surface area (Å²) in [5, 5.41) is 0.999. The van der Waals surface area contributed by atoms with E-state index < -0.39 is 8.07 Å². The molecule has 0 unspecified atom stereocenters. The molecule has 0 amide bonds. The van der Waals surface area contributed by atoms with E-state index in [2.05, 4.69) is 41.6 Å². The van der Waals surface area contributed by atoms with Crippen LogP contribution in [0.15, 0.2) is 22.7 Å². The normalized spacial score (nSPS) is 11.9. The molecule has 126 valence electrons. The molecule has 1 aromatic heterocycles. The maximum absolute atomic E-state index is 12.1. The fourth-order valence-electron chi connectivity index (χ4n) is 2.45. The van der Waals surface area contributed by atoms with Gasteiger partial charge in [0.05, 0.1) is 18.2 Å². The second-order valence-electron chi connectivity index (χ2n) is 6.91. The van der Waals surface area contributed by atoms with Crippen LogP contribution in [0, 0.1) is 6.92 Å². The summed E-state index contributed by atoms with van der Waals surface area (Å²) in [6.07, 6.45) is 0. The highest BCUT2D eigenvalue weighted by Crippen LogP contribution is 2.30. The third kappa shape index (κ3) is 4.25. The van der Waals surface area contributed by atoms with Crippen molar-refractivity contribution in [1.82, 2.24) is 4.57 Å². The minimum Gasteiger partial charge on any atom is -0.465 e. The monoisotopic (exact) mass is 397 g/mol. The average molecular weight is 398 g/mol. The second-order valence-corrected chi connectivity index (χ2v) is 13.4. The number of methoxy groups -OCH3 is 1. The zero-order chi connectivity index (χ0) is 17.2. The highest BCUT2D eigenvalue weighted by Gasteiger charge is 2.18. The van der Waals surface area contributed by atoms with Crippen LogP contribution in [0.5, 0.6) is 0 Å². The highest BCUT2D eigenvalue weighted by atomic mass is 79.9. The van der Waals surface area contributed by atoms with Crippen LogP contribution >= 0.6 is 15.9 Å². The number of halogens is 1. The summed E-state index contributed by atoms with van der Waals surface area (Å²) in [4.78, 5) is 12.1. The van der Waals surface area contributed by atoms with Crippen LogP contribution in [0.1, 0.15) is 16.1 Å². The molecule has 0 aliphatic rings. The number of hydrogen-bond acceptors (Lipinski definition) is 3. The van der Waals surface area contributed by atoms with Crippen molar-refractivity contribution < 1.29 is 14.3 Å². The number of ether oxygens (including phenoxy) is 2. The first kappa shape index (κ1) is 18.2. The Labute approximate surface area is 146 Å². The molecule has 23 heavy (non-hydrogen) atoms. The first-order chi connectivity index (χ1) is 10.7. The fraction of sp³-hybridized carbons (Fsp3) is 0.471. The van der Waals surface area contributed by atoms with Gasteiger partial charge in [-0.2, -0.15) is 0 Å². The molecule has 1 aromatic carbocycles. The van der Waals surface area contributed by atoms with Gasteiger partial charge in [0.1, 0.15) is 6.73 Å². The van der Waals surface area contributed by atoms with Crippen LogP contribution in [0.4, 0.5) is 0 Å². The van der Waals surface area contributed by atoms with Crippen molar-refractivity contribution in [2.45, 2.75) is 39.3 Å². The van der Waals surface area contributed by atoms with E-state index in [0.29, 0.717) is 12.3 Å². The van der Waals surface area contributed by atoms with Crippen molar-refractivity contribution in [3.05, 3.63) is 33.9 Å². The maximum Gasteiger partial charge on any atom is 0.340 e. The summed E-state index contributed by atoms with van der Waals surface area (Å²) in [5.74, 6) is -0.330. The van der Waals surface area contributed by atoms with Gasteiger partial charge in [-0.15, -0.1) is 0 Å². The lowest BCUT2D eigenvalue weighted by molar-refractivity contribution is 0.0600. The quantitative estimate of drug-likeness (QED) is 0.398. The molecular formula is C17H24BrNO3Si. The molecular weight excluding hydrogens is 374 g/mol. The van der Waals surface area contributed by atoms with E-state index in [4.69, 9.17) is 9.47 Å². The number of nitrogens with zero attached hydrogens (tertiary/aromatic N) is 1. The Morgan fingerprint density at radius 2 is 2.00 bits per heavy atom. The molecule has 0 spiro atoms. The standard InChI is InChI=1S/C17H24BrNO3Si/c1-12-10-14-15(18)7-6-13(17(20)21-2)16(14)19(12)11-22-8-9-23(3,4)5/h6-7,10H,8-9,11H2,1-5H3. The molecule has 0 atom stereocenters. The number of aryl methyl sites for hydroxylation is 1. The predicted molar refractivity (Wildman–Crippen MR) is 99.8 cm³/mol. The number of carbonyl (C=O) groups is 1. The van der Waals surface area contributed by atoms with Gasteiger partial charge in [0, 0.05) is 30.2 Å². The molecule has 4 nitrogen and oxygen atoms in total. The van der Waals surface area contributed by atoms with Gasteiger partial charge in [0.25, 0.3) is 0 Å². The Hall–Kier alpha value is -1.11. The number of fused-ring (bicyclic) bond motifs is 1. The van der Waals surface area contributed by atoms with E-state index in [1.165, 1.54) is 7.11 Å². The molecule has 0 N–H and O–H groups in total. The minimum absolute atomic E-state index is 0.330. The van der Waals surface area contributed by atoms with Crippen LogP contribution in [-0.2, 0) is 16.2 Å². The number of aromatic nitrogens is 1. The maximum atomic E-state index is 12.1. The lowest BCUT2D eigenvalue weighted by Crippen LogP contribution is -2.22. The van der Waals surface area contributed by atoms with Gasteiger partial charge in [-0.3, -0.25) is 0 Å². The van der Waals surface area contributed by atoms with Crippen molar-refractivity contribution in [3.63, 3.8) is 0 Å². The fourth-order valence-corrected chi connectivity index (χ4v) is 3.64. The Kier molecular flexibility index (Phi) is 5.70. The lowest BCUT2D eigenvalue weighted by Gasteiger charge is -2.17. The number of carbonyl (C=O) groups excluding carboxylic acids is 1. The van der Waals surface area contributed by atoms with Crippen LogP contribution < -0.4 is 0 Å². The highest BCUT2D eigenvalue weighted by molar-refractivity contribution is 9.10. The minimum atomic E-state index is -1.11. The SMILES string of the molecule is COC(=O)c1ccc(Br)c2cc(C)n(COCC[Si](C)(C)C)c12. The van der Waals surface area contributed by atoms with Crippen LogP contribution in [0.25, 0.3) is 10.9 Å². The van der Waals surface area contributed by atoms with Crippen LogP contribution in [0.3, 0.4) is 0 Å². The molecule has 0 aliphatic carbocycles. The smallest absolute Gasteiger partial charge is 0.340 e. The average Bonchev–Trinajstić information content (AvgIpc) is 2.80. The van der Waals surface area contributed by atoms with Crippen LogP contribution in [0.2, 0.25) is 25.7 Å². The zero-order valence-corrected chi connectivity index (χ0v) is 17.0. The third-order valence-corrected chi connectivity index (χ3v) is 6.23. The summed E-state index contributed by atoms with van der Waals surface area (Å²) in [5.41, 5.74) is 2.48. The Balaban J connectivity index is 2.33. The molecule has 0 saturated heterocycles. The van der Waals surface area contributed by atoms with E-state index in [-0.39, 0.29) is 5.97 Å². The third-order valence-electron chi connectivity index (χ3n) is 3.83. The van der Waals surface area contributed by atoms with E-state index in [0.717, 1.165) is 33.7 Å². The van der Waals surface area contributed by atoms with E-state index in [1.54, 1.807) is 6.07 Å². The molecule has 0 radical (unpaired) electrons. The van der Waals surface area contributed by atoms with E-state index >= 15 is 0 Å². The molecule has 0 saturated carbocycles. The van der Waals surface area contributed by atoms with Gasteiger partial charge in [0.15, 0.2) is 0 Å². The topological polar surface area (TPSA) is 40.5 Å². The Morgan fingerprint density at radius 1 is 1.30 bits per heavy atom. The molecule has 0 fully saturated rings. The van der Waals surface area contributed by atoms with Gasteiger partial charge in [0.2, 0.25) is 0 Å². The second kappa shape index (κ2) is 7.19. The van der Waals surface area contributed by atoms with Gasteiger partial charge in [-0.05, 0) is 31.2 Å². The summed E-state index contributed by atoms with van der Waals surface area (Å²) in [6, 6.07) is 6.85. The summed E-state index contributed by atoms with van der Waals surface area (Å²) < 4.78 is 13.8. The Bertz CT molecular complexity index is 719. The molecule has 1 heterocycles. The molecule has 0 aliphatic heterocycles. The number of benzene rings is 1. The number of esters is 1. The number of rotatable bonds is 6. The van der Waals surface area contributed by atoms with Gasteiger partial charge < -0.3 is 14.0 Å². The molecule has 6 heteroatoms. The first-order valence-corrected chi connectivity index (χ1v) is 12.2. The van der Waals surface area contributed by atoms with Crippen molar-refractivity contribution in [2.24, 2.45) is 0 Å². The van der Waals surface area contributed by atoms with Crippen molar-refractivity contribution in [3.8, 4) is 0 Å². The molecule has 2 rings (SSSR count). The summed E-state index contributed by atoms with van der Waals surface area (Å²) in [7, 11) is 0.298. The van der Waals surface area contributed by atoms with E-state index in [1.807, 2.05) is 17.6 Å². The Morgan fingerprint density at radius 3 is 2.61 bits per heavy atom. The largest absolute Gasteiger partial charge is 0.465 e. The van der Waals surface area contributed by atoms with Gasteiger partial charge in [-0.25, -0.2) is 4.79 Å². The van der Waals surface area contributed by atoms with Crippen LogP contribution in [-0.4, -0.2) is 32.3 Å². The molecule has 2 aromatic rings. The lowest BCUT2D eigenvalue weighted by atomic mass is 10.1. The summed E-state index contributed by atoms with van der Waals surface area (Å²) >= 11 is 3.56. The predicted octanol–water partition coefficient (Wildman–Crippen LogP) is 4.81. The van der Waals surface area contributed by atoms with Gasteiger partial charge >= 0.3 is 5.97 Å². The van der Waals surface area contributed by atoms with E-state index in [9.17, 15) is 4.79 Å². The number of hydrogen-bond donors (Lipinski definition) is 0. The van der Waals surface area contributed by atoms with Crippen molar-refractivity contribution in [2.75, 3.05) is 13.7 Å². The first-order valence-electron chi connectivity index (χ1n) is 7.69. The zero-order valence-electron chi connectivity index (χ0n) is 14.4. The molecule has 0 bridgehead atoms. The van der Waals surface area contributed by atoms with Gasteiger partial charge in [-0.1, -0.05) is 35.6 Å². The van der Waals surface area contributed by atoms with Crippen molar-refractivity contribution in [1.29, 1.82) is 0 Å². The van der Waals surface area contributed by atoms with Crippen molar-refractivity contribution >= 4 is 40.9 Å². The summed E-state index contributed by atoms with van der Waals surface area (Å²) in [6.45, 7) is 10.2.